The summed E-state index contributed by atoms with van der Waals surface area (Å²) in [6, 6.07) is 10.4. The molecule has 0 bridgehead atoms. The molecule has 0 radical (unpaired) electrons. The third-order valence-corrected chi connectivity index (χ3v) is 4.43. The van der Waals surface area contributed by atoms with Crippen molar-refractivity contribution in [1.29, 1.82) is 0 Å². The quantitative estimate of drug-likeness (QED) is 0.873. The topological polar surface area (TPSA) is 99.6 Å². The summed E-state index contributed by atoms with van der Waals surface area (Å²) in [5.41, 5.74) is 2.57. The van der Waals surface area contributed by atoms with Crippen LogP contribution in [0.3, 0.4) is 0 Å². The molecule has 8 heteroatoms. The van der Waals surface area contributed by atoms with E-state index >= 15 is 0 Å². The molecule has 7 nitrogen and oxygen atoms in total. The molecule has 0 atom stereocenters. The van der Waals surface area contributed by atoms with Gasteiger partial charge in [0.05, 0.1) is 11.9 Å². The van der Waals surface area contributed by atoms with Gasteiger partial charge in [0.15, 0.2) is 5.69 Å². The van der Waals surface area contributed by atoms with E-state index in [1.54, 1.807) is 24.3 Å². The van der Waals surface area contributed by atoms with Crippen LogP contribution >= 0.6 is 0 Å². The SMILES string of the molecule is CS(=O)(=O)Nc1cccc2c1CCN(c1cccc(C(=O)O)n1)C2. The number of nitrogens with one attached hydrogen (secondary N) is 1. The van der Waals surface area contributed by atoms with Crippen molar-refractivity contribution in [2.75, 3.05) is 22.4 Å². The zero-order valence-electron chi connectivity index (χ0n) is 13.1. The minimum Gasteiger partial charge on any atom is -0.477 e. The number of carboxylic acid groups (broad SMARTS) is 1. The van der Waals surface area contributed by atoms with Crippen molar-refractivity contribution in [2.45, 2.75) is 13.0 Å². The van der Waals surface area contributed by atoms with E-state index in [0.29, 0.717) is 31.0 Å². The first-order valence-electron chi connectivity index (χ1n) is 7.37. The normalized spacial score (nSPS) is 14.1. The molecule has 1 aromatic carbocycles. The Kier molecular flexibility index (Phi) is 4.15. The summed E-state index contributed by atoms with van der Waals surface area (Å²) in [6.45, 7) is 1.18. The van der Waals surface area contributed by atoms with Gasteiger partial charge in [0.25, 0.3) is 0 Å². The van der Waals surface area contributed by atoms with Crippen molar-refractivity contribution < 1.29 is 18.3 Å². The number of aromatic nitrogens is 1. The highest BCUT2D eigenvalue weighted by molar-refractivity contribution is 7.92. The molecule has 1 aromatic heterocycles. The first-order valence-corrected chi connectivity index (χ1v) is 9.26. The molecule has 0 amide bonds. The Labute approximate surface area is 140 Å². The van der Waals surface area contributed by atoms with Gasteiger partial charge >= 0.3 is 5.97 Å². The van der Waals surface area contributed by atoms with Crippen LogP contribution in [-0.2, 0) is 23.0 Å². The van der Waals surface area contributed by atoms with Gasteiger partial charge in [0, 0.05) is 13.1 Å². The van der Waals surface area contributed by atoms with Crippen LogP contribution < -0.4 is 9.62 Å². The minimum atomic E-state index is -3.33. The number of anilines is 2. The first-order chi connectivity index (χ1) is 11.3. The van der Waals surface area contributed by atoms with Crippen LogP contribution in [0.5, 0.6) is 0 Å². The van der Waals surface area contributed by atoms with Gasteiger partial charge in [-0.3, -0.25) is 4.72 Å². The van der Waals surface area contributed by atoms with Crippen molar-refractivity contribution in [3.8, 4) is 0 Å². The lowest BCUT2D eigenvalue weighted by Crippen LogP contribution is -2.32. The molecule has 126 valence electrons. The molecule has 2 heterocycles. The van der Waals surface area contributed by atoms with Crippen LogP contribution in [0.1, 0.15) is 21.6 Å². The Hall–Kier alpha value is -2.61. The van der Waals surface area contributed by atoms with Crippen LogP contribution in [0.25, 0.3) is 0 Å². The van der Waals surface area contributed by atoms with Gasteiger partial charge in [-0.25, -0.2) is 18.2 Å². The highest BCUT2D eigenvalue weighted by Crippen LogP contribution is 2.29. The molecule has 3 rings (SSSR count). The molecule has 0 aliphatic carbocycles. The number of hydrogen-bond donors (Lipinski definition) is 2. The monoisotopic (exact) mass is 347 g/mol. The minimum absolute atomic E-state index is 0.00536. The maximum Gasteiger partial charge on any atom is 0.354 e. The highest BCUT2D eigenvalue weighted by Gasteiger charge is 2.21. The van der Waals surface area contributed by atoms with Gasteiger partial charge in [-0.1, -0.05) is 18.2 Å². The molecule has 2 aromatic rings. The average molecular weight is 347 g/mol. The molecule has 0 spiro atoms. The summed E-state index contributed by atoms with van der Waals surface area (Å²) in [7, 11) is -3.33. The van der Waals surface area contributed by atoms with E-state index in [4.69, 9.17) is 5.11 Å². The van der Waals surface area contributed by atoms with Gasteiger partial charge in [0.2, 0.25) is 10.0 Å². The lowest BCUT2D eigenvalue weighted by molar-refractivity contribution is 0.0690. The number of fused-ring (bicyclic) bond motifs is 1. The number of rotatable bonds is 4. The third kappa shape index (κ3) is 3.48. The second-order valence-corrected chi connectivity index (χ2v) is 7.42. The smallest absolute Gasteiger partial charge is 0.354 e. The van der Waals surface area contributed by atoms with E-state index in [1.165, 1.54) is 6.07 Å². The molecule has 1 aliphatic heterocycles. The summed E-state index contributed by atoms with van der Waals surface area (Å²) >= 11 is 0. The Morgan fingerprint density at radius 2 is 2.00 bits per heavy atom. The molecule has 0 saturated carbocycles. The molecular formula is C16H17N3O4S. The highest BCUT2D eigenvalue weighted by atomic mass is 32.2. The van der Waals surface area contributed by atoms with E-state index in [2.05, 4.69) is 9.71 Å². The molecule has 0 fully saturated rings. The number of benzene rings is 1. The fourth-order valence-electron chi connectivity index (χ4n) is 2.82. The molecule has 24 heavy (non-hydrogen) atoms. The summed E-state index contributed by atoms with van der Waals surface area (Å²) in [4.78, 5) is 17.2. The fraction of sp³-hybridized carbons (Fsp3) is 0.250. The van der Waals surface area contributed by atoms with Crippen molar-refractivity contribution in [1.82, 2.24) is 4.98 Å². The number of nitrogens with zero attached hydrogens (tertiary/aromatic N) is 2. The number of carboxylic acids is 1. The van der Waals surface area contributed by atoms with Crippen LogP contribution in [0.4, 0.5) is 11.5 Å². The van der Waals surface area contributed by atoms with Gasteiger partial charge in [-0.2, -0.15) is 0 Å². The zero-order chi connectivity index (χ0) is 17.3. The Bertz CT molecular complexity index is 896. The van der Waals surface area contributed by atoms with E-state index < -0.39 is 16.0 Å². The predicted molar refractivity (Wildman–Crippen MR) is 90.9 cm³/mol. The van der Waals surface area contributed by atoms with Crippen molar-refractivity contribution in [3.63, 3.8) is 0 Å². The number of carbonyl (C=O) groups is 1. The fourth-order valence-corrected chi connectivity index (χ4v) is 3.41. The van der Waals surface area contributed by atoms with Crippen LogP contribution in [-0.4, -0.2) is 37.3 Å². The predicted octanol–water partition coefficient (Wildman–Crippen LogP) is 1.71. The summed E-state index contributed by atoms with van der Waals surface area (Å²) in [5, 5.41) is 9.06. The number of pyridine rings is 1. The summed E-state index contributed by atoms with van der Waals surface area (Å²) < 4.78 is 25.5. The molecule has 0 unspecified atom stereocenters. The van der Waals surface area contributed by atoms with E-state index in [9.17, 15) is 13.2 Å². The lowest BCUT2D eigenvalue weighted by Gasteiger charge is -2.31. The molecular weight excluding hydrogens is 330 g/mol. The third-order valence-electron chi connectivity index (χ3n) is 3.84. The zero-order valence-corrected chi connectivity index (χ0v) is 13.9. The van der Waals surface area contributed by atoms with Gasteiger partial charge in [-0.05, 0) is 35.7 Å². The van der Waals surface area contributed by atoms with Crippen molar-refractivity contribution in [3.05, 3.63) is 53.2 Å². The second kappa shape index (κ2) is 6.12. The maximum atomic E-state index is 11.5. The van der Waals surface area contributed by atoms with Gasteiger partial charge < -0.3 is 10.0 Å². The molecule has 2 N–H and O–H groups in total. The Morgan fingerprint density at radius 3 is 2.71 bits per heavy atom. The van der Waals surface area contributed by atoms with Crippen LogP contribution in [0.15, 0.2) is 36.4 Å². The largest absolute Gasteiger partial charge is 0.477 e. The number of sulfonamides is 1. The maximum absolute atomic E-state index is 11.5. The standard InChI is InChI=1S/C16H17N3O4S/c1-24(22,23)18-13-5-2-4-11-10-19(9-8-12(11)13)15-7-3-6-14(17-15)16(20)21/h2-7,18H,8-10H2,1H3,(H,20,21). The van der Waals surface area contributed by atoms with E-state index in [0.717, 1.165) is 17.4 Å². The van der Waals surface area contributed by atoms with E-state index in [-0.39, 0.29) is 5.69 Å². The number of hydrogen-bond acceptors (Lipinski definition) is 5. The summed E-state index contributed by atoms with van der Waals surface area (Å²) in [5.74, 6) is -0.462. The average Bonchev–Trinajstić information content (AvgIpc) is 2.53. The Morgan fingerprint density at radius 1 is 1.25 bits per heavy atom. The molecule has 1 aliphatic rings. The van der Waals surface area contributed by atoms with Crippen molar-refractivity contribution >= 4 is 27.5 Å². The lowest BCUT2D eigenvalue weighted by atomic mass is 9.98. The van der Waals surface area contributed by atoms with E-state index in [1.807, 2.05) is 11.0 Å². The number of aromatic carboxylic acids is 1. The second-order valence-electron chi connectivity index (χ2n) is 5.68. The van der Waals surface area contributed by atoms with Crippen LogP contribution in [0, 0.1) is 0 Å². The Balaban J connectivity index is 1.89. The summed E-state index contributed by atoms with van der Waals surface area (Å²) in [6.07, 6.45) is 1.77. The van der Waals surface area contributed by atoms with Crippen LogP contribution in [0.2, 0.25) is 0 Å². The van der Waals surface area contributed by atoms with Crippen molar-refractivity contribution in [2.24, 2.45) is 0 Å². The first kappa shape index (κ1) is 16.3. The van der Waals surface area contributed by atoms with Gasteiger partial charge in [-0.15, -0.1) is 0 Å². The van der Waals surface area contributed by atoms with Gasteiger partial charge in [0.1, 0.15) is 5.82 Å². The molecule has 0 saturated heterocycles.